The van der Waals surface area contributed by atoms with Crippen LogP contribution in [0.15, 0.2) is 39.9 Å². The minimum absolute atomic E-state index is 0.0773. The van der Waals surface area contributed by atoms with Gasteiger partial charge in [-0.15, -0.1) is 0 Å². The minimum Gasteiger partial charge on any atom is -0.464 e. The fourth-order valence-electron chi connectivity index (χ4n) is 1.75. The van der Waals surface area contributed by atoms with Crippen molar-refractivity contribution in [3.8, 4) is 0 Å². The third kappa shape index (κ3) is 3.03. The first-order valence-electron chi connectivity index (χ1n) is 5.99. The van der Waals surface area contributed by atoms with Gasteiger partial charge in [0.15, 0.2) is 5.96 Å². The molecule has 1 aromatic carbocycles. The van der Waals surface area contributed by atoms with E-state index in [9.17, 15) is 0 Å². The summed E-state index contributed by atoms with van der Waals surface area (Å²) in [6.45, 7) is 6.65. The van der Waals surface area contributed by atoms with Crippen LogP contribution in [0.1, 0.15) is 26.3 Å². The maximum atomic E-state index is 5.83. The third-order valence-corrected chi connectivity index (χ3v) is 2.48. The molecule has 0 spiro atoms. The molecule has 0 amide bonds. The first kappa shape index (κ1) is 12.5. The number of para-hydroxylation sites is 1. The second kappa shape index (κ2) is 4.72. The second-order valence-corrected chi connectivity index (χ2v) is 5.33. The lowest BCUT2D eigenvalue weighted by molar-refractivity contribution is 0.508. The minimum atomic E-state index is -0.0773. The summed E-state index contributed by atoms with van der Waals surface area (Å²) in [7, 11) is 0. The van der Waals surface area contributed by atoms with Crippen molar-refractivity contribution < 1.29 is 4.42 Å². The molecule has 96 valence electrons. The number of hydrogen-bond acceptors (Lipinski definition) is 2. The first-order chi connectivity index (χ1) is 8.46. The molecule has 4 nitrogen and oxygen atoms in total. The largest absolute Gasteiger partial charge is 0.464 e. The standard InChI is InChI=1S/C14H19N3O/c1-14(2,3)17-13(15)16-8-10-9-18-12-7-5-4-6-11(10)12/h4-7,9H,8H2,1-3H3,(H3,15,16,17). The van der Waals surface area contributed by atoms with Crippen LogP contribution < -0.4 is 11.1 Å². The van der Waals surface area contributed by atoms with E-state index in [1.54, 1.807) is 6.26 Å². The molecule has 0 fully saturated rings. The summed E-state index contributed by atoms with van der Waals surface area (Å²) in [5.41, 5.74) is 7.68. The van der Waals surface area contributed by atoms with Gasteiger partial charge in [0.1, 0.15) is 5.58 Å². The SMILES string of the molecule is CC(C)(C)NC(N)=NCc1coc2ccccc12. The fraction of sp³-hybridized carbons (Fsp3) is 0.357. The van der Waals surface area contributed by atoms with Gasteiger partial charge in [0.05, 0.1) is 12.8 Å². The van der Waals surface area contributed by atoms with E-state index in [2.05, 4.69) is 10.3 Å². The van der Waals surface area contributed by atoms with Crippen molar-refractivity contribution in [1.82, 2.24) is 5.32 Å². The smallest absolute Gasteiger partial charge is 0.189 e. The molecule has 0 saturated heterocycles. The van der Waals surface area contributed by atoms with Crippen molar-refractivity contribution in [3.63, 3.8) is 0 Å². The lowest BCUT2D eigenvalue weighted by Gasteiger charge is -2.20. The van der Waals surface area contributed by atoms with Gasteiger partial charge in [-0.05, 0) is 26.8 Å². The zero-order valence-electron chi connectivity index (χ0n) is 11.0. The van der Waals surface area contributed by atoms with Crippen molar-refractivity contribution in [2.24, 2.45) is 10.7 Å². The Morgan fingerprint density at radius 1 is 1.33 bits per heavy atom. The summed E-state index contributed by atoms with van der Waals surface area (Å²) in [4.78, 5) is 4.33. The van der Waals surface area contributed by atoms with Gasteiger partial charge >= 0.3 is 0 Å². The number of hydrogen-bond donors (Lipinski definition) is 2. The fourth-order valence-corrected chi connectivity index (χ4v) is 1.75. The number of nitrogens with two attached hydrogens (primary N) is 1. The molecule has 0 unspecified atom stereocenters. The van der Waals surface area contributed by atoms with Crippen molar-refractivity contribution in [1.29, 1.82) is 0 Å². The predicted molar refractivity (Wildman–Crippen MR) is 74.4 cm³/mol. The van der Waals surface area contributed by atoms with Crippen LogP contribution in [0.2, 0.25) is 0 Å². The van der Waals surface area contributed by atoms with E-state index < -0.39 is 0 Å². The average molecular weight is 245 g/mol. The van der Waals surface area contributed by atoms with Gasteiger partial charge in [-0.25, -0.2) is 4.99 Å². The Kier molecular flexibility index (Phi) is 3.28. The summed E-state index contributed by atoms with van der Waals surface area (Å²) in [6.07, 6.45) is 1.73. The lowest BCUT2D eigenvalue weighted by atomic mass is 10.1. The molecule has 0 radical (unpaired) electrons. The van der Waals surface area contributed by atoms with Crippen molar-refractivity contribution in [2.45, 2.75) is 32.9 Å². The molecule has 18 heavy (non-hydrogen) atoms. The van der Waals surface area contributed by atoms with Gasteiger partial charge in [-0.2, -0.15) is 0 Å². The quantitative estimate of drug-likeness (QED) is 0.631. The monoisotopic (exact) mass is 245 g/mol. The molecule has 1 heterocycles. The number of rotatable bonds is 2. The summed E-state index contributed by atoms with van der Waals surface area (Å²) in [5, 5.41) is 4.21. The normalized spacial score (nSPS) is 12.9. The molecule has 2 rings (SSSR count). The van der Waals surface area contributed by atoms with Crippen molar-refractivity contribution in [2.75, 3.05) is 0 Å². The number of nitrogens with zero attached hydrogens (tertiary/aromatic N) is 1. The van der Waals surface area contributed by atoms with E-state index in [1.807, 2.05) is 45.0 Å². The Balaban J connectivity index is 2.13. The number of benzene rings is 1. The summed E-state index contributed by atoms with van der Waals surface area (Å²) >= 11 is 0. The average Bonchev–Trinajstić information content (AvgIpc) is 2.67. The number of fused-ring (bicyclic) bond motifs is 1. The molecule has 4 heteroatoms. The highest BCUT2D eigenvalue weighted by atomic mass is 16.3. The van der Waals surface area contributed by atoms with Crippen LogP contribution in [0.4, 0.5) is 0 Å². The van der Waals surface area contributed by atoms with Crippen molar-refractivity contribution in [3.05, 3.63) is 36.1 Å². The Morgan fingerprint density at radius 3 is 2.78 bits per heavy atom. The maximum Gasteiger partial charge on any atom is 0.189 e. The van der Waals surface area contributed by atoms with Gasteiger partial charge in [-0.1, -0.05) is 18.2 Å². The Hall–Kier alpha value is -1.97. The van der Waals surface area contributed by atoms with Crippen LogP contribution in [0.5, 0.6) is 0 Å². The first-order valence-corrected chi connectivity index (χ1v) is 5.99. The van der Waals surface area contributed by atoms with E-state index in [1.165, 1.54) is 0 Å². The molecule has 0 saturated carbocycles. The van der Waals surface area contributed by atoms with Crippen molar-refractivity contribution >= 4 is 16.9 Å². The Bertz CT molecular complexity index is 564. The predicted octanol–water partition coefficient (Wildman–Crippen LogP) is 2.64. The maximum absolute atomic E-state index is 5.83. The van der Waals surface area contributed by atoms with E-state index in [0.29, 0.717) is 12.5 Å². The van der Waals surface area contributed by atoms with Crippen LogP contribution >= 0.6 is 0 Å². The van der Waals surface area contributed by atoms with Crippen LogP contribution in [0.25, 0.3) is 11.0 Å². The highest BCUT2D eigenvalue weighted by molar-refractivity contribution is 5.82. The second-order valence-electron chi connectivity index (χ2n) is 5.33. The van der Waals surface area contributed by atoms with Gasteiger partial charge < -0.3 is 15.5 Å². The Morgan fingerprint density at radius 2 is 2.06 bits per heavy atom. The number of guanidine groups is 1. The molecule has 3 N–H and O–H groups in total. The number of nitrogens with one attached hydrogen (secondary N) is 1. The molecule has 2 aromatic rings. The van der Waals surface area contributed by atoms with E-state index in [4.69, 9.17) is 10.2 Å². The molecule has 0 aliphatic heterocycles. The molecule has 1 aromatic heterocycles. The van der Waals surface area contributed by atoms with Gasteiger partial charge in [0.25, 0.3) is 0 Å². The zero-order chi connectivity index (χ0) is 13.2. The van der Waals surface area contributed by atoms with Crippen LogP contribution in [-0.4, -0.2) is 11.5 Å². The molecular weight excluding hydrogens is 226 g/mol. The van der Waals surface area contributed by atoms with E-state index >= 15 is 0 Å². The highest BCUT2D eigenvalue weighted by Gasteiger charge is 2.10. The molecule has 0 bridgehead atoms. The lowest BCUT2D eigenvalue weighted by Crippen LogP contribution is -2.44. The summed E-state index contributed by atoms with van der Waals surface area (Å²) < 4.78 is 5.45. The topological polar surface area (TPSA) is 63.5 Å². The number of aliphatic imine (C=N–C) groups is 1. The third-order valence-electron chi connectivity index (χ3n) is 2.48. The van der Waals surface area contributed by atoms with E-state index in [0.717, 1.165) is 16.5 Å². The Labute approximate surface area is 107 Å². The molecule has 0 aliphatic rings. The number of furan rings is 1. The van der Waals surface area contributed by atoms with Gasteiger partial charge in [-0.3, -0.25) is 0 Å². The zero-order valence-corrected chi connectivity index (χ0v) is 11.0. The van der Waals surface area contributed by atoms with Crippen LogP contribution in [0.3, 0.4) is 0 Å². The molecular formula is C14H19N3O. The summed E-state index contributed by atoms with van der Waals surface area (Å²) in [5.74, 6) is 0.452. The van der Waals surface area contributed by atoms with Gasteiger partial charge in [0, 0.05) is 16.5 Å². The van der Waals surface area contributed by atoms with E-state index in [-0.39, 0.29) is 5.54 Å². The molecule has 0 aliphatic carbocycles. The van der Waals surface area contributed by atoms with Crippen LogP contribution in [0, 0.1) is 0 Å². The van der Waals surface area contributed by atoms with Gasteiger partial charge in [0.2, 0.25) is 0 Å². The van der Waals surface area contributed by atoms with Crippen LogP contribution in [-0.2, 0) is 6.54 Å². The molecule has 0 atom stereocenters. The highest BCUT2D eigenvalue weighted by Crippen LogP contribution is 2.21. The summed E-state index contributed by atoms with van der Waals surface area (Å²) in [6, 6.07) is 7.91.